The molecule has 2 aromatic rings. The molecule has 2 aromatic carbocycles. The average molecular weight is 357 g/mol. The van der Waals surface area contributed by atoms with Gasteiger partial charge in [0.15, 0.2) is 0 Å². The van der Waals surface area contributed by atoms with Crippen LogP contribution in [-0.2, 0) is 4.79 Å². The van der Waals surface area contributed by atoms with Crippen molar-refractivity contribution in [3.8, 4) is 17.6 Å². The quantitative estimate of drug-likeness (QED) is 0.619. The Morgan fingerprint density at radius 3 is 2.68 bits per heavy atom. The molecule has 0 aliphatic rings. The number of methoxy groups -OCH3 is 1. The molecule has 1 amide bonds. The van der Waals surface area contributed by atoms with Crippen LogP contribution in [0.2, 0.25) is 5.02 Å². The number of carbonyl (C=O) groups excluding carboxylic acids is 1. The van der Waals surface area contributed by atoms with E-state index in [1.54, 1.807) is 30.3 Å². The molecule has 0 bridgehead atoms. The largest absolute Gasteiger partial charge is 0.495 e. The van der Waals surface area contributed by atoms with E-state index in [1.807, 2.05) is 25.1 Å². The van der Waals surface area contributed by atoms with Crippen LogP contribution in [0.4, 0.5) is 5.69 Å². The van der Waals surface area contributed by atoms with Gasteiger partial charge in [-0.1, -0.05) is 29.8 Å². The second-order valence-electron chi connectivity index (χ2n) is 4.94. The van der Waals surface area contributed by atoms with E-state index in [0.717, 1.165) is 0 Å². The van der Waals surface area contributed by atoms with Crippen molar-refractivity contribution in [1.82, 2.24) is 0 Å². The molecule has 0 fully saturated rings. The van der Waals surface area contributed by atoms with Crippen molar-refractivity contribution in [3.05, 3.63) is 58.6 Å². The summed E-state index contributed by atoms with van der Waals surface area (Å²) < 4.78 is 10.6. The Balaban J connectivity index is 2.24. The third-order valence-corrected chi connectivity index (χ3v) is 3.59. The first kappa shape index (κ1) is 18.4. The first-order valence-corrected chi connectivity index (χ1v) is 7.95. The van der Waals surface area contributed by atoms with Gasteiger partial charge in [0.2, 0.25) is 0 Å². The molecule has 6 heteroatoms. The fraction of sp³-hybridized carbons (Fsp3) is 0.158. The SMILES string of the molecule is CCOc1ccccc1/C=C(\C#N)C(=O)Nc1ccc(OC)c(Cl)c1. The molecule has 128 valence electrons. The average Bonchev–Trinajstić information content (AvgIpc) is 2.61. The molecule has 2 rings (SSSR count). The summed E-state index contributed by atoms with van der Waals surface area (Å²) >= 11 is 6.04. The second-order valence-corrected chi connectivity index (χ2v) is 5.35. The number of benzene rings is 2. The normalized spacial score (nSPS) is 10.7. The summed E-state index contributed by atoms with van der Waals surface area (Å²) in [4.78, 5) is 12.4. The van der Waals surface area contributed by atoms with Crippen LogP contribution in [0.3, 0.4) is 0 Å². The fourth-order valence-corrected chi connectivity index (χ4v) is 2.39. The minimum absolute atomic E-state index is 0.0425. The lowest BCUT2D eigenvalue weighted by atomic mass is 10.1. The maximum Gasteiger partial charge on any atom is 0.266 e. The zero-order valence-electron chi connectivity index (χ0n) is 13.9. The molecule has 0 saturated heterocycles. The number of rotatable bonds is 6. The summed E-state index contributed by atoms with van der Waals surface area (Å²) in [6, 6.07) is 13.9. The summed E-state index contributed by atoms with van der Waals surface area (Å²) in [5.74, 6) is 0.578. The molecule has 0 saturated carbocycles. The maximum absolute atomic E-state index is 12.4. The van der Waals surface area contributed by atoms with Gasteiger partial charge in [0.05, 0.1) is 18.7 Å². The van der Waals surface area contributed by atoms with Gasteiger partial charge in [-0.2, -0.15) is 5.26 Å². The zero-order chi connectivity index (χ0) is 18.2. The predicted molar refractivity (Wildman–Crippen MR) is 97.8 cm³/mol. The Labute approximate surface area is 151 Å². The monoisotopic (exact) mass is 356 g/mol. The van der Waals surface area contributed by atoms with Crippen molar-refractivity contribution >= 4 is 29.3 Å². The van der Waals surface area contributed by atoms with Crippen LogP contribution in [0.15, 0.2) is 48.0 Å². The van der Waals surface area contributed by atoms with Crippen molar-refractivity contribution in [2.24, 2.45) is 0 Å². The van der Waals surface area contributed by atoms with Crippen LogP contribution in [0.5, 0.6) is 11.5 Å². The molecule has 25 heavy (non-hydrogen) atoms. The number of ether oxygens (including phenoxy) is 2. The molecule has 1 N–H and O–H groups in total. The molecular weight excluding hydrogens is 340 g/mol. The molecule has 0 aliphatic heterocycles. The predicted octanol–water partition coefficient (Wildman–Crippen LogP) is 4.29. The van der Waals surface area contributed by atoms with Crippen molar-refractivity contribution in [1.29, 1.82) is 5.26 Å². The van der Waals surface area contributed by atoms with Gasteiger partial charge >= 0.3 is 0 Å². The van der Waals surface area contributed by atoms with Gasteiger partial charge in [-0.15, -0.1) is 0 Å². The number of halogens is 1. The van der Waals surface area contributed by atoms with Gasteiger partial charge in [-0.05, 0) is 37.3 Å². The molecule has 5 nitrogen and oxygen atoms in total. The fourth-order valence-electron chi connectivity index (χ4n) is 2.13. The van der Waals surface area contributed by atoms with Crippen LogP contribution in [-0.4, -0.2) is 19.6 Å². The van der Waals surface area contributed by atoms with Crippen LogP contribution in [0.25, 0.3) is 6.08 Å². The Kier molecular flexibility index (Phi) is 6.44. The van der Waals surface area contributed by atoms with Gasteiger partial charge in [0, 0.05) is 11.3 Å². The van der Waals surface area contributed by atoms with Crippen molar-refractivity contribution in [3.63, 3.8) is 0 Å². The van der Waals surface area contributed by atoms with Gasteiger partial charge in [-0.3, -0.25) is 4.79 Å². The zero-order valence-corrected chi connectivity index (χ0v) is 14.6. The highest BCUT2D eigenvalue weighted by molar-refractivity contribution is 6.32. The highest BCUT2D eigenvalue weighted by atomic mass is 35.5. The van der Waals surface area contributed by atoms with Crippen molar-refractivity contribution in [2.45, 2.75) is 6.92 Å². The van der Waals surface area contributed by atoms with Gasteiger partial charge in [0.25, 0.3) is 5.91 Å². The van der Waals surface area contributed by atoms with Gasteiger partial charge in [0.1, 0.15) is 23.1 Å². The molecule has 0 radical (unpaired) electrons. The molecule has 0 spiro atoms. The van der Waals surface area contributed by atoms with Crippen LogP contribution in [0, 0.1) is 11.3 Å². The van der Waals surface area contributed by atoms with E-state index < -0.39 is 5.91 Å². The Bertz CT molecular complexity index is 841. The number of nitriles is 1. The summed E-state index contributed by atoms with van der Waals surface area (Å²) in [6.07, 6.45) is 1.49. The van der Waals surface area contributed by atoms with E-state index in [2.05, 4.69) is 5.32 Å². The Morgan fingerprint density at radius 1 is 1.28 bits per heavy atom. The highest BCUT2D eigenvalue weighted by Gasteiger charge is 2.12. The Morgan fingerprint density at radius 2 is 2.04 bits per heavy atom. The number of anilines is 1. The number of nitrogens with zero attached hydrogens (tertiary/aromatic N) is 1. The molecular formula is C19H17ClN2O3. The van der Waals surface area contributed by atoms with E-state index in [-0.39, 0.29) is 5.57 Å². The summed E-state index contributed by atoms with van der Waals surface area (Å²) in [5, 5.41) is 12.3. The summed E-state index contributed by atoms with van der Waals surface area (Å²) in [5.41, 5.74) is 1.08. The standard InChI is InChI=1S/C19H17ClN2O3/c1-3-25-17-7-5-4-6-13(17)10-14(12-21)19(23)22-15-8-9-18(24-2)16(20)11-15/h4-11H,3H2,1-2H3,(H,22,23)/b14-10+. The number of amides is 1. The van der Waals surface area contributed by atoms with Crippen molar-refractivity contribution in [2.75, 3.05) is 19.0 Å². The lowest BCUT2D eigenvalue weighted by Crippen LogP contribution is -2.13. The van der Waals surface area contributed by atoms with Crippen LogP contribution >= 0.6 is 11.6 Å². The number of nitrogens with one attached hydrogen (secondary N) is 1. The minimum Gasteiger partial charge on any atom is -0.495 e. The lowest BCUT2D eigenvalue weighted by molar-refractivity contribution is -0.112. The molecule has 0 atom stereocenters. The number of carbonyl (C=O) groups is 1. The second kappa shape index (κ2) is 8.76. The van der Waals surface area contributed by atoms with Crippen LogP contribution in [0.1, 0.15) is 12.5 Å². The third-order valence-electron chi connectivity index (χ3n) is 3.29. The number of para-hydroxylation sites is 1. The van der Waals surface area contributed by atoms with E-state index in [4.69, 9.17) is 21.1 Å². The maximum atomic E-state index is 12.4. The molecule has 0 unspecified atom stereocenters. The molecule has 0 heterocycles. The molecule has 0 aromatic heterocycles. The first-order chi connectivity index (χ1) is 12.1. The van der Waals surface area contributed by atoms with E-state index in [1.165, 1.54) is 13.2 Å². The van der Waals surface area contributed by atoms with Gasteiger partial charge < -0.3 is 14.8 Å². The van der Waals surface area contributed by atoms with E-state index in [9.17, 15) is 10.1 Å². The first-order valence-electron chi connectivity index (χ1n) is 7.57. The van der Waals surface area contributed by atoms with Crippen LogP contribution < -0.4 is 14.8 Å². The van der Waals surface area contributed by atoms with Gasteiger partial charge in [-0.25, -0.2) is 0 Å². The topological polar surface area (TPSA) is 71.3 Å². The summed E-state index contributed by atoms with van der Waals surface area (Å²) in [6.45, 7) is 2.36. The molecule has 0 aliphatic carbocycles. The smallest absolute Gasteiger partial charge is 0.266 e. The lowest BCUT2D eigenvalue weighted by Gasteiger charge is -2.09. The van der Waals surface area contributed by atoms with E-state index in [0.29, 0.717) is 34.4 Å². The highest BCUT2D eigenvalue weighted by Crippen LogP contribution is 2.27. The summed E-state index contributed by atoms with van der Waals surface area (Å²) in [7, 11) is 1.51. The number of hydrogen-bond acceptors (Lipinski definition) is 4. The Hall–Kier alpha value is -2.97. The number of hydrogen-bond donors (Lipinski definition) is 1. The minimum atomic E-state index is -0.532. The van der Waals surface area contributed by atoms with Crippen molar-refractivity contribution < 1.29 is 14.3 Å². The third kappa shape index (κ3) is 4.75. The van der Waals surface area contributed by atoms with E-state index >= 15 is 0 Å².